The normalized spacial score (nSPS) is 13.3. The lowest BCUT2D eigenvalue weighted by molar-refractivity contribution is -0.116. The van der Waals surface area contributed by atoms with E-state index in [-0.39, 0.29) is 27.9 Å². The van der Waals surface area contributed by atoms with E-state index in [1.165, 1.54) is 46.8 Å². The summed E-state index contributed by atoms with van der Waals surface area (Å²) in [5.74, 6) is -0.621. The highest BCUT2D eigenvalue weighted by atomic mass is 35.5. The lowest BCUT2D eigenvalue weighted by Crippen LogP contribution is -2.37. The number of amides is 1. The molecule has 218 valence electrons. The summed E-state index contributed by atoms with van der Waals surface area (Å²) < 4.78 is 56.1. The van der Waals surface area contributed by atoms with Crippen molar-refractivity contribution in [2.45, 2.75) is 22.8 Å². The first-order chi connectivity index (χ1) is 19.9. The molecule has 0 spiro atoms. The summed E-state index contributed by atoms with van der Waals surface area (Å²) in [4.78, 5) is 13.4. The van der Waals surface area contributed by atoms with Crippen LogP contribution in [-0.4, -0.2) is 40.1 Å². The fraction of sp³-hybridized carbons (Fsp3) is 0.138. The van der Waals surface area contributed by atoms with E-state index < -0.39 is 32.5 Å². The molecule has 0 saturated heterocycles. The maximum atomic E-state index is 13.6. The van der Waals surface area contributed by atoms with Crippen LogP contribution < -0.4 is 9.62 Å². The van der Waals surface area contributed by atoms with Gasteiger partial charge in [0.15, 0.2) is 0 Å². The molecule has 1 amide bonds. The summed E-state index contributed by atoms with van der Waals surface area (Å²) >= 11 is 18.3. The van der Waals surface area contributed by atoms with Gasteiger partial charge < -0.3 is 5.32 Å². The molecule has 5 rings (SSSR count). The number of sulfonamides is 2. The number of hydrogen-bond donors (Lipinski definition) is 1. The number of anilines is 2. The van der Waals surface area contributed by atoms with Gasteiger partial charge in [-0.1, -0.05) is 65.1 Å². The number of fused-ring (bicyclic) bond motifs is 1. The monoisotopic (exact) mass is 663 g/mol. The molecular formula is C29H24Cl3N3O5S2. The van der Waals surface area contributed by atoms with Gasteiger partial charge in [0.1, 0.15) is 0 Å². The van der Waals surface area contributed by atoms with Crippen molar-refractivity contribution in [3.8, 4) is 0 Å². The van der Waals surface area contributed by atoms with Crippen LogP contribution in [-0.2, 0) is 37.8 Å². The fourth-order valence-corrected chi connectivity index (χ4v) is 8.06. The van der Waals surface area contributed by atoms with Gasteiger partial charge in [-0.2, -0.15) is 4.31 Å². The Bertz CT molecular complexity index is 1850. The van der Waals surface area contributed by atoms with E-state index in [0.29, 0.717) is 33.4 Å². The molecule has 42 heavy (non-hydrogen) atoms. The van der Waals surface area contributed by atoms with Gasteiger partial charge in [-0.05, 0) is 78.2 Å². The van der Waals surface area contributed by atoms with Crippen molar-refractivity contribution in [2.75, 3.05) is 22.7 Å². The molecule has 0 saturated carbocycles. The summed E-state index contributed by atoms with van der Waals surface area (Å²) in [6, 6.07) is 23.3. The first-order valence-corrected chi connectivity index (χ1v) is 16.7. The molecule has 0 radical (unpaired) electrons. The highest BCUT2D eigenvalue weighted by Crippen LogP contribution is 2.35. The number of carbonyl (C=O) groups excluding carboxylic acids is 1. The highest BCUT2D eigenvalue weighted by Gasteiger charge is 2.32. The zero-order valence-corrected chi connectivity index (χ0v) is 25.8. The first-order valence-electron chi connectivity index (χ1n) is 12.7. The summed E-state index contributed by atoms with van der Waals surface area (Å²) in [6.45, 7) is -0.472. The molecular weight excluding hydrogens is 641 g/mol. The van der Waals surface area contributed by atoms with Gasteiger partial charge in [0.25, 0.3) is 10.0 Å². The van der Waals surface area contributed by atoms with E-state index in [1.807, 2.05) is 0 Å². The van der Waals surface area contributed by atoms with Gasteiger partial charge in [-0.25, -0.2) is 16.8 Å². The van der Waals surface area contributed by atoms with Crippen LogP contribution in [0.25, 0.3) is 0 Å². The second kappa shape index (κ2) is 12.2. The van der Waals surface area contributed by atoms with Crippen LogP contribution in [0.2, 0.25) is 15.1 Å². The Morgan fingerprint density at radius 3 is 2.19 bits per heavy atom. The van der Waals surface area contributed by atoms with Crippen molar-refractivity contribution >= 4 is 72.1 Å². The van der Waals surface area contributed by atoms with Crippen LogP contribution >= 0.6 is 34.8 Å². The average Bonchev–Trinajstić information content (AvgIpc) is 3.39. The molecule has 0 aliphatic carbocycles. The Morgan fingerprint density at radius 1 is 0.810 bits per heavy atom. The molecule has 1 aliphatic heterocycles. The molecule has 0 bridgehead atoms. The summed E-state index contributed by atoms with van der Waals surface area (Å²) in [5, 5.41) is 3.79. The van der Waals surface area contributed by atoms with Crippen LogP contribution in [0.5, 0.6) is 0 Å². The molecule has 8 nitrogen and oxygen atoms in total. The number of rotatable bonds is 9. The number of benzene rings is 4. The van der Waals surface area contributed by atoms with Crippen molar-refractivity contribution in [3.05, 3.63) is 117 Å². The van der Waals surface area contributed by atoms with Crippen molar-refractivity contribution in [2.24, 2.45) is 0 Å². The maximum absolute atomic E-state index is 13.6. The Labute approximate surface area is 259 Å². The van der Waals surface area contributed by atoms with Gasteiger partial charge in [-0.15, -0.1) is 0 Å². The van der Waals surface area contributed by atoms with Crippen LogP contribution in [0.1, 0.15) is 11.1 Å². The molecule has 0 fully saturated rings. The summed E-state index contributed by atoms with van der Waals surface area (Å²) in [6.07, 6.45) is 0.501. The Morgan fingerprint density at radius 2 is 1.50 bits per heavy atom. The van der Waals surface area contributed by atoms with Crippen molar-refractivity contribution in [1.29, 1.82) is 0 Å². The van der Waals surface area contributed by atoms with E-state index >= 15 is 0 Å². The number of carbonyl (C=O) groups is 1. The average molecular weight is 665 g/mol. The number of hydrogen-bond acceptors (Lipinski definition) is 5. The highest BCUT2D eigenvalue weighted by molar-refractivity contribution is 7.92. The predicted octanol–water partition coefficient (Wildman–Crippen LogP) is 6.23. The minimum atomic E-state index is -4.10. The Kier molecular flexibility index (Phi) is 8.84. The van der Waals surface area contributed by atoms with Gasteiger partial charge in [0.2, 0.25) is 15.9 Å². The third-order valence-corrected chi connectivity index (χ3v) is 11.2. The van der Waals surface area contributed by atoms with Crippen LogP contribution in [0.15, 0.2) is 101 Å². The first kappa shape index (κ1) is 30.3. The largest absolute Gasteiger partial charge is 0.325 e. The third kappa shape index (κ3) is 6.44. The molecule has 0 atom stereocenters. The molecule has 4 aromatic rings. The molecule has 1 aliphatic rings. The molecule has 0 unspecified atom stereocenters. The standard InChI is InChI=1S/C29H24Cl3N3O5S2/c30-22-9-12-26(13-10-22)42(39,40)35-15-14-20-7-11-24(17-28(20)35)33-29(36)19-34(18-21-6-8-23(31)16-27(21)32)41(37,38)25-4-2-1-3-5-25/h1-13,16-17H,14-15,18-19H2,(H,33,36). The van der Waals surface area contributed by atoms with Gasteiger partial charge >= 0.3 is 0 Å². The van der Waals surface area contributed by atoms with E-state index in [4.69, 9.17) is 34.8 Å². The molecule has 13 heteroatoms. The topological polar surface area (TPSA) is 104 Å². The van der Waals surface area contributed by atoms with Gasteiger partial charge in [0.05, 0.1) is 22.0 Å². The number of nitrogens with zero attached hydrogens (tertiary/aromatic N) is 2. The Balaban J connectivity index is 1.40. The molecule has 0 aromatic heterocycles. The van der Waals surface area contributed by atoms with Crippen LogP contribution in [0.4, 0.5) is 11.4 Å². The molecule has 1 heterocycles. The van der Waals surface area contributed by atoms with E-state index in [1.54, 1.807) is 48.5 Å². The van der Waals surface area contributed by atoms with E-state index in [0.717, 1.165) is 9.87 Å². The van der Waals surface area contributed by atoms with Gasteiger partial charge in [-0.3, -0.25) is 9.10 Å². The van der Waals surface area contributed by atoms with Crippen LogP contribution in [0, 0.1) is 0 Å². The van der Waals surface area contributed by atoms with Crippen molar-refractivity contribution in [1.82, 2.24) is 4.31 Å². The predicted molar refractivity (Wildman–Crippen MR) is 165 cm³/mol. The van der Waals surface area contributed by atoms with Crippen molar-refractivity contribution in [3.63, 3.8) is 0 Å². The number of halogens is 3. The Hall–Kier alpha value is -3.12. The summed E-state index contributed by atoms with van der Waals surface area (Å²) in [7, 11) is -7.97. The lowest BCUT2D eigenvalue weighted by Gasteiger charge is -2.23. The van der Waals surface area contributed by atoms with Crippen molar-refractivity contribution < 1.29 is 21.6 Å². The quantitative estimate of drug-likeness (QED) is 0.229. The van der Waals surface area contributed by atoms with Gasteiger partial charge in [0, 0.05) is 33.8 Å². The minimum absolute atomic E-state index is 0.0171. The summed E-state index contributed by atoms with van der Waals surface area (Å²) in [5.41, 5.74) is 2.02. The third-order valence-electron chi connectivity index (χ3n) is 6.69. The second-order valence-corrected chi connectivity index (χ2v) is 14.6. The zero-order chi connectivity index (χ0) is 30.1. The molecule has 4 aromatic carbocycles. The minimum Gasteiger partial charge on any atom is -0.325 e. The maximum Gasteiger partial charge on any atom is 0.264 e. The zero-order valence-electron chi connectivity index (χ0n) is 21.9. The van der Waals surface area contributed by atoms with Crippen LogP contribution in [0.3, 0.4) is 0 Å². The van der Waals surface area contributed by atoms with E-state index in [2.05, 4.69) is 5.32 Å². The lowest BCUT2D eigenvalue weighted by atomic mass is 10.1. The molecule has 1 N–H and O–H groups in total. The fourth-order valence-electron chi connectivity index (χ4n) is 4.58. The SMILES string of the molecule is O=C(CN(Cc1ccc(Cl)cc1Cl)S(=O)(=O)c1ccccc1)Nc1ccc2c(c1)N(S(=O)(=O)c1ccc(Cl)cc1)CC2. The van der Waals surface area contributed by atoms with E-state index in [9.17, 15) is 21.6 Å². The smallest absolute Gasteiger partial charge is 0.264 e. The second-order valence-electron chi connectivity index (χ2n) is 9.49. The number of nitrogens with one attached hydrogen (secondary N) is 1.